The molecule has 2 aromatic carbocycles. The molecule has 0 aliphatic carbocycles. The van der Waals surface area contributed by atoms with E-state index in [-0.39, 0.29) is 5.82 Å². The number of anilines is 1. The lowest BCUT2D eigenvalue weighted by Crippen LogP contribution is -1.94. The van der Waals surface area contributed by atoms with E-state index < -0.39 is 0 Å². The quantitative estimate of drug-likeness (QED) is 0.703. The van der Waals surface area contributed by atoms with Crippen LogP contribution < -0.4 is 5.73 Å². The average Bonchev–Trinajstić information content (AvgIpc) is 2.20. The SMILES string of the molecule is Cc1cccc(N)c1-c1ccccc1F. The topological polar surface area (TPSA) is 26.0 Å². The van der Waals surface area contributed by atoms with Crippen LogP contribution in [0.5, 0.6) is 0 Å². The summed E-state index contributed by atoms with van der Waals surface area (Å²) in [5.74, 6) is -0.237. The van der Waals surface area contributed by atoms with Crippen molar-refractivity contribution in [1.29, 1.82) is 0 Å². The van der Waals surface area contributed by atoms with Crippen molar-refractivity contribution < 1.29 is 4.39 Å². The molecule has 0 saturated heterocycles. The largest absolute Gasteiger partial charge is 0.398 e. The summed E-state index contributed by atoms with van der Waals surface area (Å²) in [6, 6.07) is 12.3. The zero-order chi connectivity index (χ0) is 10.8. The molecule has 0 fully saturated rings. The van der Waals surface area contributed by atoms with Gasteiger partial charge in [0, 0.05) is 16.8 Å². The van der Waals surface area contributed by atoms with Crippen molar-refractivity contribution in [2.75, 3.05) is 5.73 Å². The lowest BCUT2D eigenvalue weighted by Gasteiger charge is -2.09. The lowest BCUT2D eigenvalue weighted by molar-refractivity contribution is 0.631. The highest BCUT2D eigenvalue weighted by atomic mass is 19.1. The van der Waals surface area contributed by atoms with Crippen molar-refractivity contribution >= 4 is 5.69 Å². The Morgan fingerprint density at radius 2 is 1.73 bits per heavy atom. The highest BCUT2D eigenvalue weighted by molar-refractivity contribution is 5.79. The van der Waals surface area contributed by atoms with Crippen LogP contribution in [0.1, 0.15) is 5.56 Å². The Bertz CT molecular complexity index is 471. The second kappa shape index (κ2) is 3.73. The van der Waals surface area contributed by atoms with Gasteiger partial charge in [0.1, 0.15) is 5.82 Å². The molecule has 2 aromatic rings. The smallest absolute Gasteiger partial charge is 0.131 e. The molecule has 2 heteroatoms. The molecule has 1 nitrogen and oxygen atoms in total. The van der Waals surface area contributed by atoms with Crippen LogP contribution in [-0.2, 0) is 0 Å². The van der Waals surface area contributed by atoms with E-state index in [1.54, 1.807) is 18.2 Å². The van der Waals surface area contributed by atoms with Crippen molar-refractivity contribution in [3.8, 4) is 11.1 Å². The third-order valence-electron chi connectivity index (χ3n) is 2.45. The van der Waals surface area contributed by atoms with Gasteiger partial charge in [-0.3, -0.25) is 0 Å². The first-order valence-corrected chi connectivity index (χ1v) is 4.80. The second-order valence-corrected chi connectivity index (χ2v) is 3.52. The van der Waals surface area contributed by atoms with Crippen LogP contribution in [0.25, 0.3) is 11.1 Å². The van der Waals surface area contributed by atoms with Crippen LogP contribution >= 0.6 is 0 Å². The number of rotatable bonds is 1. The van der Waals surface area contributed by atoms with Crippen molar-refractivity contribution in [3.05, 3.63) is 53.8 Å². The highest BCUT2D eigenvalue weighted by Crippen LogP contribution is 2.30. The Morgan fingerprint density at radius 1 is 1.00 bits per heavy atom. The molecule has 76 valence electrons. The summed E-state index contributed by atoms with van der Waals surface area (Å²) in [5, 5.41) is 0. The van der Waals surface area contributed by atoms with Crippen molar-refractivity contribution in [1.82, 2.24) is 0 Å². The molecule has 2 rings (SSSR count). The molecule has 0 atom stereocenters. The number of nitrogens with two attached hydrogens (primary N) is 1. The van der Waals surface area contributed by atoms with Crippen LogP contribution in [0.4, 0.5) is 10.1 Å². The second-order valence-electron chi connectivity index (χ2n) is 3.52. The van der Waals surface area contributed by atoms with E-state index in [0.29, 0.717) is 11.3 Å². The molecular formula is C13H12FN. The molecule has 0 saturated carbocycles. The maximum Gasteiger partial charge on any atom is 0.131 e. The fraction of sp³-hybridized carbons (Fsp3) is 0.0769. The summed E-state index contributed by atoms with van der Waals surface area (Å²) in [5.41, 5.74) is 8.80. The van der Waals surface area contributed by atoms with Gasteiger partial charge in [-0.25, -0.2) is 4.39 Å². The van der Waals surface area contributed by atoms with Crippen LogP contribution in [0, 0.1) is 12.7 Å². The Morgan fingerprint density at radius 3 is 2.40 bits per heavy atom. The van der Waals surface area contributed by atoms with Gasteiger partial charge in [-0.2, -0.15) is 0 Å². The predicted molar refractivity (Wildman–Crippen MR) is 61.0 cm³/mol. The van der Waals surface area contributed by atoms with Gasteiger partial charge in [0.15, 0.2) is 0 Å². The van der Waals surface area contributed by atoms with Gasteiger partial charge in [0.2, 0.25) is 0 Å². The predicted octanol–water partition coefficient (Wildman–Crippen LogP) is 3.38. The highest BCUT2D eigenvalue weighted by Gasteiger charge is 2.09. The fourth-order valence-corrected chi connectivity index (χ4v) is 1.72. The van der Waals surface area contributed by atoms with Gasteiger partial charge in [-0.1, -0.05) is 30.3 Å². The fourth-order valence-electron chi connectivity index (χ4n) is 1.72. The molecule has 0 spiro atoms. The molecule has 0 aliphatic heterocycles. The van der Waals surface area contributed by atoms with E-state index >= 15 is 0 Å². The summed E-state index contributed by atoms with van der Waals surface area (Å²) in [6.07, 6.45) is 0. The minimum absolute atomic E-state index is 0.237. The molecule has 0 aliphatic rings. The van der Waals surface area contributed by atoms with Gasteiger partial charge >= 0.3 is 0 Å². The van der Waals surface area contributed by atoms with Crippen LogP contribution in [-0.4, -0.2) is 0 Å². The molecule has 0 heterocycles. The number of hydrogen-bond donors (Lipinski definition) is 1. The van der Waals surface area contributed by atoms with E-state index in [1.165, 1.54) is 6.07 Å². The standard InChI is InChI=1S/C13H12FN/c1-9-5-4-8-12(15)13(9)10-6-2-3-7-11(10)14/h2-8H,15H2,1H3. The number of nitrogen functional groups attached to an aromatic ring is 1. The Kier molecular flexibility index (Phi) is 2.42. The van der Waals surface area contributed by atoms with Crippen LogP contribution in [0.2, 0.25) is 0 Å². The third-order valence-corrected chi connectivity index (χ3v) is 2.45. The van der Waals surface area contributed by atoms with Gasteiger partial charge < -0.3 is 5.73 Å². The van der Waals surface area contributed by atoms with Gasteiger partial charge in [0.05, 0.1) is 0 Å². The average molecular weight is 201 g/mol. The maximum atomic E-state index is 13.6. The van der Waals surface area contributed by atoms with E-state index in [2.05, 4.69) is 0 Å². The lowest BCUT2D eigenvalue weighted by atomic mass is 9.98. The zero-order valence-corrected chi connectivity index (χ0v) is 8.50. The van der Waals surface area contributed by atoms with E-state index in [9.17, 15) is 4.39 Å². The summed E-state index contributed by atoms with van der Waals surface area (Å²) in [7, 11) is 0. The Labute approximate surface area is 88.4 Å². The molecule has 2 N–H and O–H groups in total. The molecule has 0 amide bonds. The van der Waals surface area contributed by atoms with E-state index in [4.69, 9.17) is 5.73 Å². The van der Waals surface area contributed by atoms with Crippen molar-refractivity contribution in [2.24, 2.45) is 0 Å². The summed E-state index contributed by atoms with van der Waals surface area (Å²) >= 11 is 0. The normalized spacial score (nSPS) is 10.3. The summed E-state index contributed by atoms with van der Waals surface area (Å²) in [6.45, 7) is 1.93. The number of aryl methyl sites for hydroxylation is 1. The first-order valence-electron chi connectivity index (χ1n) is 4.80. The van der Waals surface area contributed by atoms with Crippen LogP contribution in [0.15, 0.2) is 42.5 Å². The van der Waals surface area contributed by atoms with Gasteiger partial charge in [-0.05, 0) is 24.6 Å². The Balaban J connectivity index is 2.69. The monoisotopic (exact) mass is 201 g/mol. The number of hydrogen-bond acceptors (Lipinski definition) is 1. The number of halogens is 1. The van der Waals surface area contributed by atoms with E-state index in [1.807, 2.05) is 25.1 Å². The minimum Gasteiger partial charge on any atom is -0.398 e. The first kappa shape index (κ1) is 9.71. The molecule has 0 radical (unpaired) electrons. The molecule has 0 bridgehead atoms. The minimum atomic E-state index is -0.237. The van der Waals surface area contributed by atoms with E-state index in [0.717, 1.165) is 11.1 Å². The van der Waals surface area contributed by atoms with Gasteiger partial charge in [-0.15, -0.1) is 0 Å². The van der Waals surface area contributed by atoms with Crippen molar-refractivity contribution in [3.63, 3.8) is 0 Å². The zero-order valence-electron chi connectivity index (χ0n) is 8.50. The van der Waals surface area contributed by atoms with Gasteiger partial charge in [0.25, 0.3) is 0 Å². The Hall–Kier alpha value is -1.83. The molecular weight excluding hydrogens is 189 g/mol. The molecule has 0 aromatic heterocycles. The summed E-state index contributed by atoms with van der Waals surface area (Å²) in [4.78, 5) is 0. The maximum absolute atomic E-state index is 13.6. The van der Waals surface area contributed by atoms with Crippen molar-refractivity contribution in [2.45, 2.75) is 6.92 Å². The first-order chi connectivity index (χ1) is 7.20. The number of benzene rings is 2. The molecule has 15 heavy (non-hydrogen) atoms. The molecule has 0 unspecified atom stereocenters. The summed E-state index contributed by atoms with van der Waals surface area (Å²) < 4.78 is 13.6. The third kappa shape index (κ3) is 1.71. The van der Waals surface area contributed by atoms with Crippen LogP contribution in [0.3, 0.4) is 0 Å².